The summed E-state index contributed by atoms with van der Waals surface area (Å²) in [6.45, 7) is 1.55. The molecule has 0 unspecified atom stereocenters. The zero-order valence-corrected chi connectivity index (χ0v) is 12.4. The minimum absolute atomic E-state index is 0.0226. The minimum atomic E-state index is -0.0226. The van der Waals surface area contributed by atoms with Gasteiger partial charge in [0.25, 0.3) is 0 Å². The molecule has 0 atom stereocenters. The third-order valence-corrected chi connectivity index (χ3v) is 3.65. The number of carbonyl (C=O) groups excluding carboxylic acids is 1. The minimum Gasteiger partial charge on any atom is -0.385 e. The molecule has 0 aromatic carbocycles. The molecule has 0 saturated carbocycles. The molecule has 2 aromatic rings. The molecule has 0 radical (unpaired) electrons. The summed E-state index contributed by atoms with van der Waals surface area (Å²) in [7, 11) is 3.50. The lowest BCUT2D eigenvalue weighted by Gasteiger charge is -2.18. The van der Waals surface area contributed by atoms with Gasteiger partial charge in [-0.2, -0.15) is 0 Å². The predicted octanol–water partition coefficient (Wildman–Crippen LogP) is 1.28. The van der Waals surface area contributed by atoms with Crippen LogP contribution in [0.1, 0.15) is 6.42 Å². The van der Waals surface area contributed by atoms with Gasteiger partial charge in [0.05, 0.1) is 11.9 Å². The average Bonchev–Trinajstić information content (AvgIpc) is 2.91. The zero-order valence-electron chi connectivity index (χ0n) is 11.6. The second kappa shape index (κ2) is 7.16. The van der Waals surface area contributed by atoms with Crippen molar-refractivity contribution in [3.8, 4) is 0 Å². The second-order valence-electron chi connectivity index (χ2n) is 4.39. The number of thiophene rings is 1. The summed E-state index contributed by atoms with van der Waals surface area (Å²) in [5.74, 6) is 0.758. The number of hydrogen-bond acceptors (Lipinski definition) is 6. The highest BCUT2D eigenvalue weighted by Gasteiger charge is 2.12. The van der Waals surface area contributed by atoms with E-state index in [0.29, 0.717) is 13.2 Å². The van der Waals surface area contributed by atoms with Crippen LogP contribution in [-0.4, -0.2) is 49.7 Å². The van der Waals surface area contributed by atoms with Crippen molar-refractivity contribution in [2.75, 3.05) is 38.8 Å². The molecule has 6 nitrogen and oxygen atoms in total. The van der Waals surface area contributed by atoms with Gasteiger partial charge in [-0.25, -0.2) is 9.97 Å². The third-order valence-electron chi connectivity index (χ3n) is 2.83. The maximum absolute atomic E-state index is 11.8. The number of anilines is 1. The van der Waals surface area contributed by atoms with Gasteiger partial charge in [-0.3, -0.25) is 4.79 Å². The molecule has 0 spiro atoms. The quantitative estimate of drug-likeness (QED) is 0.779. The van der Waals surface area contributed by atoms with E-state index in [0.717, 1.165) is 22.5 Å². The molecule has 0 aliphatic carbocycles. The summed E-state index contributed by atoms with van der Waals surface area (Å²) in [5, 5.41) is 5.81. The standard InChI is InChI=1S/C13H18N4O2S/c1-17(8-11(18)14-5-3-6-19-2)12-10-4-7-20-13(10)16-9-15-12/h4,7,9H,3,5-6,8H2,1-2H3,(H,14,18). The Labute approximate surface area is 121 Å². The maximum atomic E-state index is 11.8. The van der Waals surface area contributed by atoms with Crippen molar-refractivity contribution >= 4 is 33.3 Å². The second-order valence-corrected chi connectivity index (χ2v) is 5.28. The molecular formula is C13H18N4O2S. The first-order valence-corrected chi connectivity index (χ1v) is 7.25. The van der Waals surface area contributed by atoms with Crippen LogP contribution in [0.25, 0.3) is 10.2 Å². The number of aromatic nitrogens is 2. The lowest BCUT2D eigenvalue weighted by molar-refractivity contribution is -0.119. The number of fused-ring (bicyclic) bond motifs is 1. The van der Waals surface area contributed by atoms with Gasteiger partial charge < -0.3 is 15.0 Å². The van der Waals surface area contributed by atoms with E-state index in [1.165, 1.54) is 6.33 Å². The molecule has 0 aliphatic heterocycles. The van der Waals surface area contributed by atoms with Crippen LogP contribution in [0.5, 0.6) is 0 Å². The van der Waals surface area contributed by atoms with Crippen LogP contribution in [0.3, 0.4) is 0 Å². The summed E-state index contributed by atoms with van der Waals surface area (Å²) in [5.41, 5.74) is 0. The largest absolute Gasteiger partial charge is 0.385 e. The summed E-state index contributed by atoms with van der Waals surface area (Å²) in [4.78, 5) is 23.1. The molecule has 0 aliphatic rings. The molecule has 108 valence electrons. The molecule has 2 aromatic heterocycles. The number of likely N-dealkylation sites (N-methyl/N-ethyl adjacent to an activating group) is 1. The molecule has 1 amide bonds. The van der Waals surface area contributed by atoms with Crippen molar-refractivity contribution in [2.45, 2.75) is 6.42 Å². The van der Waals surface area contributed by atoms with E-state index >= 15 is 0 Å². The number of nitrogens with zero attached hydrogens (tertiary/aromatic N) is 3. The topological polar surface area (TPSA) is 67.3 Å². The fourth-order valence-corrected chi connectivity index (χ4v) is 2.60. The molecule has 7 heteroatoms. The Bertz CT molecular complexity index is 572. The lowest BCUT2D eigenvalue weighted by Crippen LogP contribution is -2.36. The van der Waals surface area contributed by atoms with E-state index in [-0.39, 0.29) is 12.5 Å². The highest BCUT2D eigenvalue weighted by atomic mass is 32.1. The summed E-state index contributed by atoms with van der Waals surface area (Å²) in [6, 6.07) is 1.97. The van der Waals surface area contributed by atoms with E-state index in [4.69, 9.17) is 4.74 Å². The summed E-state index contributed by atoms with van der Waals surface area (Å²) in [6.07, 6.45) is 2.34. The van der Waals surface area contributed by atoms with Gasteiger partial charge in [0, 0.05) is 27.3 Å². The predicted molar refractivity (Wildman–Crippen MR) is 80.2 cm³/mol. The number of ether oxygens (including phenoxy) is 1. The van der Waals surface area contributed by atoms with Crippen LogP contribution >= 0.6 is 11.3 Å². The number of methoxy groups -OCH3 is 1. The Kier molecular flexibility index (Phi) is 5.25. The molecule has 0 saturated heterocycles. The first-order chi connectivity index (χ1) is 9.72. The van der Waals surface area contributed by atoms with Crippen LogP contribution in [0, 0.1) is 0 Å². The smallest absolute Gasteiger partial charge is 0.239 e. The highest BCUT2D eigenvalue weighted by Crippen LogP contribution is 2.25. The van der Waals surface area contributed by atoms with Crippen LogP contribution in [-0.2, 0) is 9.53 Å². The van der Waals surface area contributed by atoms with Crippen molar-refractivity contribution in [1.82, 2.24) is 15.3 Å². The Hall–Kier alpha value is -1.73. The van der Waals surface area contributed by atoms with E-state index in [9.17, 15) is 4.79 Å². The van der Waals surface area contributed by atoms with Crippen molar-refractivity contribution in [1.29, 1.82) is 0 Å². The molecule has 2 rings (SSSR count). The van der Waals surface area contributed by atoms with Gasteiger partial charge in [-0.1, -0.05) is 0 Å². The van der Waals surface area contributed by atoms with Gasteiger partial charge in [0.15, 0.2) is 0 Å². The molecule has 20 heavy (non-hydrogen) atoms. The van der Waals surface area contributed by atoms with E-state index in [1.807, 2.05) is 23.4 Å². The first-order valence-electron chi connectivity index (χ1n) is 6.37. The Balaban J connectivity index is 1.92. The van der Waals surface area contributed by atoms with Gasteiger partial charge in [0.1, 0.15) is 17.0 Å². The van der Waals surface area contributed by atoms with Gasteiger partial charge in [0.2, 0.25) is 5.91 Å². The van der Waals surface area contributed by atoms with Crippen molar-refractivity contribution in [2.24, 2.45) is 0 Å². The normalized spacial score (nSPS) is 10.7. The number of amides is 1. The van der Waals surface area contributed by atoms with Crippen molar-refractivity contribution < 1.29 is 9.53 Å². The van der Waals surface area contributed by atoms with E-state index in [1.54, 1.807) is 18.4 Å². The highest BCUT2D eigenvalue weighted by molar-refractivity contribution is 7.16. The van der Waals surface area contributed by atoms with Crippen LogP contribution in [0.4, 0.5) is 5.82 Å². The third kappa shape index (κ3) is 3.64. The Morgan fingerprint density at radius 2 is 2.35 bits per heavy atom. The fraction of sp³-hybridized carbons (Fsp3) is 0.462. The van der Waals surface area contributed by atoms with Crippen LogP contribution in [0.2, 0.25) is 0 Å². The monoisotopic (exact) mass is 294 g/mol. The fourth-order valence-electron chi connectivity index (χ4n) is 1.87. The van der Waals surface area contributed by atoms with Crippen LogP contribution in [0.15, 0.2) is 17.8 Å². The number of nitrogens with one attached hydrogen (secondary N) is 1. The van der Waals surface area contributed by atoms with E-state index in [2.05, 4.69) is 15.3 Å². The Morgan fingerprint density at radius 3 is 3.15 bits per heavy atom. The number of rotatable bonds is 7. The molecule has 0 fully saturated rings. The number of hydrogen-bond donors (Lipinski definition) is 1. The molecule has 2 heterocycles. The Morgan fingerprint density at radius 1 is 1.50 bits per heavy atom. The summed E-state index contributed by atoms with van der Waals surface area (Å²) >= 11 is 1.56. The molecule has 0 bridgehead atoms. The molecule has 1 N–H and O–H groups in total. The van der Waals surface area contributed by atoms with Gasteiger partial charge in [-0.15, -0.1) is 11.3 Å². The SMILES string of the molecule is COCCCNC(=O)CN(C)c1ncnc2sccc12. The first kappa shape index (κ1) is 14.7. The van der Waals surface area contributed by atoms with Crippen molar-refractivity contribution in [3.63, 3.8) is 0 Å². The number of carbonyl (C=O) groups is 1. The van der Waals surface area contributed by atoms with Gasteiger partial charge in [-0.05, 0) is 17.9 Å². The maximum Gasteiger partial charge on any atom is 0.239 e. The van der Waals surface area contributed by atoms with Crippen molar-refractivity contribution in [3.05, 3.63) is 17.8 Å². The molecular weight excluding hydrogens is 276 g/mol. The van der Waals surface area contributed by atoms with Gasteiger partial charge >= 0.3 is 0 Å². The van der Waals surface area contributed by atoms with Crippen LogP contribution < -0.4 is 10.2 Å². The van der Waals surface area contributed by atoms with E-state index < -0.39 is 0 Å². The lowest BCUT2D eigenvalue weighted by atomic mass is 10.3. The zero-order chi connectivity index (χ0) is 14.4. The summed E-state index contributed by atoms with van der Waals surface area (Å²) < 4.78 is 4.94. The average molecular weight is 294 g/mol.